The second-order valence-corrected chi connectivity index (χ2v) is 8.01. The molecule has 1 heterocycles. The van der Waals surface area contributed by atoms with Crippen LogP contribution in [0.3, 0.4) is 0 Å². The van der Waals surface area contributed by atoms with E-state index in [4.69, 9.17) is 20.2 Å². The smallest absolute Gasteiger partial charge is 0.262 e. The van der Waals surface area contributed by atoms with Crippen LogP contribution in [0, 0.1) is 16.7 Å². The lowest BCUT2D eigenvalue weighted by Crippen LogP contribution is -2.52. The van der Waals surface area contributed by atoms with Crippen molar-refractivity contribution >= 4 is 11.9 Å². The zero-order valence-corrected chi connectivity index (χ0v) is 16.4. The molecular formula is C21H26N4O3. The molecule has 0 unspecified atom stereocenters. The zero-order valence-electron chi connectivity index (χ0n) is 16.4. The van der Waals surface area contributed by atoms with E-state index >= 15 is 0 Å². The summed E-state index contributed by atoms with van der Waals surface area (Å²) in [6.45, 7) is 0.762. The van der Waals surface area contributed by atoms with Crippen molar-refractivity contribution in [3.63, 3.8) is 0 Å². The third-order valence-corrected chi connectivity index (χ3v) is 6.78. The lowest BCUT2D eigenvalue weighted by Gasteiger charge is -2.45. The molecule has 0 bridgehead atoms. The Labute approximate surface area is 165 Å². The van der Waals surface area contributed by atoms with Crippen LogP contribution in [0.15, 0.2) is 23.2 Å². The molecule has 1 saturated carbocycles. The monoisotopic (exact) mass is 382 g/mol. The van der Waals surface area contributed by atoms with Gasteiger partial charge in [0.15, 0.2) is 11.5 Å². The molecule has 1 aromatic carbocycles. The van der Waals surface area contributed by atoms with E-state index in [1.807, 2.05) is 18.2 Å². The summed E-state index contributed by atoms with van der Waals surface area (Å²) < 4.78 is 10.7. The van der Waals surface area contributed by atoms with Gasteiger partial charge in [0.1, 0.15) is 0 Å². The third kappa shape index (κ3) is 2.48. The van der Waals surface area contributed by atoms with Crippen molar-refractivity contribution in [3.8, 4) is 6.07 Å². The fourth-order valence-electron chi connectivity index (χ4n) is 5.33. The molecule has 2 aliphatic carbocycles. The number of fused-ring (bicyclic) bond motifs is 3. The molecular weight excluding hydrogens is 356 g/mol. The molecule has 3 aliphatic rings. The van der Waals surface area contributed by atoms with E-state index in [9.17, 15) is 10.1 Å². The molecule has 1 fully saturated rings. The average Bonchev–Trinajstić information content (AvgIpc) is 3.12. The maximum absolute atomic E-state index is 13.8. The van der Waals surface area contributed by atoms with Gasteiger partial charge in [0, 0.05) is 19.6 Å². The van der Waals surface area contributed by atoms with Crippen molar-refractivity contribution in [2.45, 2.75) is 43.7 Å². The summed E-state index contributed by atoms with van der Waals surface area (Å²) >= 11 is 0. The Morgan fingerprint density at radius 2 is 2.11 bits per heavy atom. The highest BCUT2D eigenvalue weighted by atomic mass is 16.5. The quantitative estimate of drug-likeness (QED) is 0.854. The number of amides is 1. The van der Waals surface area contributed by atoms with Crippen LogP contribution in [0.4, 0.5) is 0 Å². The van der Waals surface area contributed by atoms with Crippen LogP contribution < -0.4 is 5.73 Å². The molecule has 1 aromatic rings. The summed E-state index contributed by atoms with van der Waals surface area (Å²) in [6, 6.07) is 7.83. The fourth-order valence-corrected chi connectivity index (χ4v) is 5.33. The number of nitrogens with two attached hydrogens (primary N) is 1. The normalized spacial score (nSPS) is 31.3. The number of nitriles is 1. The van der Waals surface area contributed by atoms with Crippen molar-refractivity contribution in [2.24, 2.45) is 16.1 Å². The summed E-state index contributed by atoms with van der Waals surface area (Å²) in [5, 5.41) is 9.42. The number of guanidine groups is 1. The van der Waals surface area contributed by atoms with Crippen molar-refractivity contribution in [2.75, 3.05) is 27.4 Å². The topological polar surface area (TPSA) is 101 Å². The maximum Gasteiger partial charge on any atom is 0.262 e. The van der Waals surface area contributed by atoms with Gasteiger partial charge in [-0.3, -0.25) is 9.69 Å². The first-order chi connectivity index (χ1) is 13.5. The number of hydrogen-bond acceptors (Lipinski definition) is 6. The summed E-state index contributed by atoms with van der Waals surface area (Å²) in [5.74, 6) is 0.150. The first-order valence-electron chi connectivity index (χ1n) is 9.74. The Morgan fingerprint density at radius 1 is 1.36 bits per heavy atom. The molecule has 28 heavy (non-hydrogen) atoms. The van der Waals surface area contributed by atoms with E-state index in [1.165, 1.54) is 0 Å². The number of ether oxygens (including phenoxy) is 2. The van der Waals surface area contributed by atoms with Crippen LogP contribution in [0.5, 0.6) is 0 Å². The van der Waals surface area contributed by atoms with E-state index in [0.29, 0.717) is 18.7 Å². The average molecular weight is 382 g/mol. The molecule has 2 N–H and O–H groups in total. The Hall–Kier alpha value is -2.43. The molecule has 1 aliphatic heterocycles. The highest BCUT2D eigenvalue weighted by Gasteiger charge is 2.66. The van der Waals surface area contributed by atoms with E-state index in [1.54, 1.807) is 19.1 Å². The van der Waals surface area contributed by atoms with Gasteiger partial charge in [-0.15, -0.1) is 0 Å². The van der Waals surface area contributed by atoms with Crippen LogP contribution in [0.2, 0.25) is 0 Å². The summed E-state index contributed by atoms with van der Waals surface area (Å²) in [4.78, 5) is 20.2. The van der Waals surface area contributed by atoms with Gasteiger partial charge in [-0.2, -0.15) is 5.26 Å². The molecule has 7 heteroatoms. The number of benzene rings is 1. The van der Waals surface area contributed by atoms with E-state index in [-0.39, 0.29) is 23.4 Å². The molecule has 148 valence electrons. The lowest BCUT2D eigenvalue weighted by atomic mass is 9.61. The minimum atomic E-state index is -1.05. The first-order valence-corrected chi connectivity index (χ1v) is 9.74. The van der Waals surface area contributed by atoms with Crippen LogP contribution in [0.1, 0.15) is 42.4 Å². The standard InChI is InChI=1S/C21H26N4O3/c1-27-10-9-25-18(26)21(24-19(25)23)17-11-14(13-22)3-4-15(17)12-20(21)7-5-16(28-2)6-8-20/h3-4,11,16H,5-10,12H2,1-2H3,(H2,23,24)/t16-,20-,21-/m0/s1. The van der Waals surface area contributed by atoms with Gasteiger partial charge < -0.3 is 15.2 Å². The van der Waals surface area contributed by atoms with Gasteiger partial charge >= 0.3 is 0 Å². The van der Waals surface area contributed by atoms with Crippen molar-refractivity contribution in [3.05, 3.63) is 34.9 Å². The van der Waals surface area contributed by atoms with Crippen LogP contribution in [-0.2, 0) is 26.2 Å². The van der Waals surface area contributed by atoms with Gasteiger partial charge in [-0.1, -0.05) is 6.07 Å². The SMILES string of the molecule is COCCN1C(=O)[C@@]2(N=C1N)c1cc(C#N)ccc1C[C@]21CC[C@@H](OC)CC1. The number of rotatable bonds is 4. The molecule has 2 spiro atoms. The minimum absolute atomic E-state index is 0.0910. The summed E-state index contributed by atoms with van der Waals surface area (Å²) in [6.07, 6.45) is 4.43. The molecule has 0 saturated heterocycles. The number of aliphatic imine (C=N–C) groups is 1. The van der Waals surface area contributed by atoms with Gasteiger partial charge in [0.2, 0.25) is 0 Å². The van der Waals surface area contributed by atoms with Crippen LogP contribution in [0.25, 0.3) is 0 Å². The van der Waals surface area contributed by atoms with E-state index in [2.05, 4.69) is 6.07 Å². The van der Waals surface area contributed by atoms with Gasteiger partial charge in [-0.25, -0.2) is 4.99 Å². The van der Waals surface area contributed by atoms with E-state index in [0.717, 1.165) is 43.2 Å². The Morgan fingerprint density at radius 3 is 2.75 bits per heavy atom. The number of carbonyl (C=O) groups excluding carboxylic acids is 1. The van der Waals surface area contributed by atoms with Crippen molar-refractivity contribution < 1.29 is 14.3 Å². The molecule has 4 rings (SSSR count). The minimum Gasteiger partial charge on any atom is -0.383 e. The number of carbonyl (C=O) groups is 1. The van der Waals surface area contributed by atoms with Crippen molar-refractivity contribution in [1.82, 2.24) is 4.90 Å². The Kier molecular flexibility index (Phi) is 4.64. The molecule has 1 amide bonds. The molecule has 0 aromatic heterocycles. The van der Waals surface area contributed by atoms with Crippen LogP contribution >= 0.6 is 0 Å². The third-order valence-electron chi connectivity index (χ3n) is 6.78. The molecule has 7 nitrogen and oxygen atoms in total. The highest BCUT2D eigenvalue weighted by Crippen LogP contribution is 2.61. The second kappa shape index (κ2) is 6.87. The number of hydrogen-bond donors (Lipinski definition) is 1. The second-order valence-electron chi connectivity index (χ2n) is 8.01. The number of nitrogens with zero attached hydrogens (tertiary/aromatic N) is 3. The van der Waals surface area contributed by atoms with Crippen LogP contribution in [-0.4, -0.2) is 50.2 Å². The van der Waals surface area contributed by atoms with Crippen molar-refractivity contribution in [1.29, 1.82) is 5.26 Å². The number of methoxy groups -OCH3 is 2. The van der Waals surface area contributed by atoms with Gasteiger partial charge in [0.05, 0.1) is 30.9 Å². The molecule has 0 radical (unpaired) electrons. The fraction of sp³-hybridized carbons (Fsp3) is 0.571. The van der Waals surface area contributed by atoms with Gasteiger partial charge in [0.25, 0.3) is 5.91 Å². The summed E-state index contributed by atoms with van der Waals surface area (Å²) in [7, 11) is 3.34. The first kappa shape index (κ1) is 18.9. The lowest BCUT2D eigenvalue weighted by molar-refractivity contribution is -0.138. The largest absolute Gasteiger partial charge is 0.383 e. The zero-order chi connectivity index (χ0) is 19.9. The van der Waals surface area contributed by atoms with E-state index < -0.39 is 5.54 Å². The predicted molar refractivity (Wildman–Crippen MR) is 103 cm³/mol. The Bertz CT molecular complexity index is 867. The summed E-state index contributed by atoms with van der Waals surface area (Å²) in [5.41, 5.74) is 7.34. The Balaban J connectivity index is 1.84. The predicted octanol–water partition coefficient (Wildman–Crippen LogP) is 1.69. The van der Waals surface area contributed by atoms with Gasteiger partial charge in [-0.05, 0) is 55.4 Å². The molecule has 1 atom stereocenters. The maximum atomic E-state index is 13.8. The highest BCUT2D eigenvalue weighted by molar-refractivity contribution is 6.08.